The van der Waals surface area contributed by atoms with Gasteiger partial charge in [0.2, 0.25) is 0 Å². The van der Waals surface area contributed by atoms with Crippen LogP contribution in [0.25, 0.3) is 5.53 Å². The first kappa shape index (κ1) is 25.6. The number of sulfone groups is 2. The summed E-state index contributed by atoms with van der Waals surface area (Å²) >= 11 is 0. The van der Waals surface area contributed by atoms with E-state index in [9.17, 15) is 22.4 Å². The Morgan fingerprint density at radius 1 is 1.10 bits per heavy atom. The zero-order chi connectivity index (χ0) is 23.3. The summed E-state index contributed by atoms with van der Waals surface area (Å²) in [5.41, 5.74) is 9.88. The van der Waals surface area contributed by atoms with Gasteiger partial charge in [-0.15, -0.1) is 4.79 Å². The average Bonchev–Trinajstić information content (AvgIpc) is 2.71. The van der Waals surface area contributed by atoms with Gasteiger partial charge in [-0.25, -0.2) is 16.8 Å². The molecule has 0 saturated heterocycles. The van der Waals surface area contributed by atoms with Gasteiger partial charge in [-0.3, -0.25) is 0 Å². The Morgan fingerprint density at radius 2 is 1.74 bits per heavy atom. The molecule has 0 radical (unpaired) electrons. The lowest BCUT2D eigenvalue weighted by atomic mass is 9.87. The maximum absolute atomic E-state index is 13.5. The molecule has 1 aliphatic rings. The van der Waals surface area contributed by atoms with Crippen molar-refractivity contribution >= 4 is 24.1 Å². The van der Waals surface area contributed by atoms with E-state index in [4.69, 9.17) is 4.74 Å². The molecule has 1 aromatic carbocycles. The highest BCUT2D eigenvalue weighted by molar-refractivity contribution is 8.31. The van der Waals surface area contributed by atoms with Crippen molar-refractivity contribution in [2.24, 2.45) is 0 Å². The molecule has 1 fully saturated rings. The third-order valence-corrected chi connectivity index (χ3v) is 10.4. The van der Waals surface area contributed by atoms with Crippen molar-refractivity contribution in [1.29, 1.82) is 0 Å². The van der Waals surface area contributed by atoms with Gasteiger partial charge >= 0.3 is 4.38 Å². The van der Waals surface area contributed by atoms with Crippen molar-refractivity contribution < 1.29 is 26.4 Å². The highest BCUT2D eigenvalue weighted by Crippen LogP contribution is 2.34. The van der Waals surface area contributed by atoms with E-state index >= 15 is 0 Å². The maximum atomic E-state index is 13.5. The standard InChI is InChI=1S/C22H34N2O5S2/c1-5-6-10-15-29-19-14-13-17(22(2,3)4)16-20(19)31(27,28)21(24-23)30(25,26)18-11-8-7-9-12-18/h13-14,16,18H,5-12,15H2,1-4H3. The van der Waals surface area contributed by atoms with Crippen molar-refractivity contribution in [2.75, 3.05) is 6.61 Å². The molecule has 0 aliphatic heterocycles. The minimum absolute atomic E-state index is 0.0732. The molecule has 31 heavy (non-hydrogen) atoms. The number of ether oxygens (including phenoxy) is 1. The number of benzene rings is 1. The second kappa shape index (κ2) is 10.3. The van der Waals surface area contributed by atoms with Crippen molar-refractivity contribution in [3.63, 3.8) is 0 Å². The maximum Gasteiger partial charge on any atom is 0.500 e. The first-order valence-electron chi connectivity index (χ1n) is 10.9. The normalized spacial score (nSPS) is 16.0. The molecule has 1 saturated carbocycles. The molecule has 174 valence electrons. The largest absolute Gasteiger partial charge is 0.500 e. The second-order valence-corrected chi connectivity index (χ2v) is 13.4. The number of hydrogen-bond acceptors (Lipinski definition) is 5. The van der Waals surface area contributed by atoms with E-state index in [0.29, 0.717) is 37.9 Å². The lowest BCUT2D eigenvalue weighted by Crippen LogP contribution is -2.36. The SMILES string of the molecule is CCCCCOc1ccc(C(C)(C)C)cc1S(=O)(=O)C(=[N+]=[N-])S(=O)(=O)C1CCCCC1. The number of nitrogens with zero attached hydrogens (tertiary/aromatic N) is 2. The third-order valence-electron chi connectivity index (χ3n) is 5.65. The van der Waals surface area contributed by atoms with E-state index in [2.05, 4.69) is 4.79 Å². The summed E-state index contributed by atoms with van der Waals surface area (Å²) in [4.78, 5) is 2.54. The molecule has 0 amide bonds. The molecule has 0 heterocycles. The molecule has 7 nitrogen and oxygen atoms in total. The van der Waals surface area contributed by atoms with Crippen LogP contribution in [-0.2, 0) is 25.1 Å². The Kier molecular flexibility index (Phi) is 8.47. The Morgan fingerprint density at radius 3 is 2.29 bits per heavy atom. The molecule has 0 N–H and O–H groups in total. The molecule has 2 rings (SSSR count). The lowest BCUT2D eigenvalue weighted by molar-refractivity contribution is 0.00368. The van der Waals surface area contributed by atoms with Crippen LogP contribution in [0, 0.1) is 0 Å². The molecule has 0 unspecified atom stereocenters. The van der Waals surface area contributed by atoms with Crippen molar-refractivity contribution in [3.05, 3.63) is 29.3 Å². The zero-order valence-electron chi connectivity index (χ0n) is 18.9. The van der Waals surface area contributed by atoms with Gasteiger partial charge in [-0.1, -0.05) is 65.9 Å². The Balaban J connectivity index is 2.56. The fourth-order valence-corrected chi connectivity index (χ4v) is 7.94. The van der Waals surface area contributed by atoms with E-state index in [-0.39, 0.29) is 16.1 Å². The highest BCUT2D eigenvalue weighted by Gasteiger charge is 2.48. The number of rotatable bonds is 7. The summed E-state index contributed by atoms with van der Waals surface area (Å²) in [6, 6.07) is 4.77. The van der Waals surface area contributed by atoms with Gasteiger partial charge in [0.15, 0.2) is 0 Å². The van der Waals surface area contributed by atoms with E-state index in [1.807, 2.05) is 27.7 Å². The van der Waals surface area contributed by atoms with E-state index in [1.165, 1.54) is 6.07 Å². The van der Waals surface area contributed by atoms with Crippen LogP contribution in [0.5, 0.6) is 5.75 Å². The monoisotopic (exact) mass is 470 g/mol. The average molecular weight is 471 g/mol. The Labute approximate surface area is 186 Å². The van der Waals surface area contributed by atoms with Crippen molar-refractivity contribution in [3.8, 4) is 5.75 Å². The van der Waals surface area contributed by atoms with E-state index < -0.39 is 29.3 Å². The number of unbranched alkanes of at least 4 members (excludes halogenated alkanes) is 2. The summed E-state index contributed by atoms with van der Waals surface area (Å²) in [7, 11) is -8.94. The topological polar surface area (TPSA) is 114 Å². The van der Waals surface area contributed by atoms with Gasteiger partial charge in [-0.05, 0) is 42.4 Å². The molecule has 9 heteroatoms. The van der Waals surface area contributed by atoms with Crippen LogP contribution in [0.2, 0.25) is 0 Å². The molecule has 0 aromatic heterocycles. The van der Waals surface area contributed by atoms with Gasteiger partial charge in [0, 0.05) is 0 Å². The van der Waals surface area contributed by atoms with Crippen molar-refractivity contribution in [2.45, 2.75) is 94.6 Å². The van der Waals surface area contributed by atoms with Crippen LogP contribution >= 0.6 is 0 Å². The third kappa shape index (κ3) is 5.96. The Hall–Kier alpha value is -1.70. The fraction of sp³-hybridized carbons (Fsp3) is 0.682. The van der Waals surface area contributed by atoms with Crippen LogP contribution in [0.4, 0.5) is 0 Å². The van der Waals surface area contributed by atoms with Crippen LogP contribution in [0.1, 0.15) is 84.6 Å². The Bertz CT molecular complexity index is 1030. The van der Waals surface area contributed by atoms with Gasteiger partial charge in [0.1, 0.15) is 10.6 Å². The molecule has 0 bridgehead atoms. The van der Waals surface area contributed by atoms with Gasteiger partial charge < -0.3 is 10.3 Å². The predicted molar refractivity (Wildman–Crippen MR) is 122 cm³/mol. The second-order valence-electron chi connectivity index (χ2n) is 9.14. The van der Waals surface area contributed by atoms with E-state index in [1.54, 1.807) is 12.1 Å². The van der Waals surface area contributed by atoms with Gasteiger partial charge in [0.05, 0.1) is 11.9 Å². The fourth-order valence-electron chi connectivity index (χ4n) is 3.71. The molecular formula is C22H34N2O5S2. The molecular weight excluding hydrogens is 436 g/mol. The summed E-state index contributed by atoms with van der Waals surface area (Å²) < 4.78 is 57.8. The van der Waals surface area contributed by atoms with Crippen LogP contribution < -0.4 is 4.74 Å². The summed E-state index contributed by atoms with van der Waals surface area (Å²) in [5, 5.41) is -0.860. The van der Waals surface area contributed by atoms with Crippen molar-refractivity contribution in [1.82, 2.24) is 0 Å². The van der Waals surface area contributed by atoms with Gasteiger partial charge in [-0.2, -0.15) is 0 Å². The van der Waals surface area contributed by atoms with Gasteiger partial charge in [0.25, 0.3) is 19.7 Å². The smallest absolute Gasteiger partial charge is 0.492 e. The minimum atomic E-state index is -4.63. The van der Waals surface area contributed by atoms with Crippen LogP contribution in [-0.4, -0.2) is 37.9 Å². The predicted octanol–water partition coefficient (Wildman–Crippen LogP) is 4.66. The zero-order valence-corrected chi connectivity index (χ0v) is 20.6. The quantitative estimate of drug-likeness (QED) is 0.189. The first-order valence-corrected chi connectivity index (χ1v) is 14.0. The number of hydrogen-bond donors (Lipinski definition) is 0. The molecule has 1 aliphatic carbocycles. The van der Waals surface area contributed by atoms with Crippen LogP contribution in [0.15, 0.2) is 23.1 Å². The van der Waals surface area contributed by atoms with Crippen LogP contribution in [0.3, 0.4) is 0 Å². The molecule has 0 spiro atoms. The summed E-state index contributed by atoms with van der Waals surface area (Å²) in [6.45, 7) is 8.15. The lowest BCUT2D eigenvalue weighted by Gasteiger charge is -2.22. The molecule has 0 atom stereocenters. The van der Waals surface area contributed by atoms with E-state index in [0.717, 1.165) is 25.7 Å². The summed E-state index contributed by atoms with van der Waals surface area (Å²) in [5.74, 6) is 0.0732. The first-order chi connectivity index (χ1) is 14.5. The molecule has 1 aromatic rings. The minimum Gasteiger partial charge on any atom is -0.492 e. The summed E-state index contributed by atoms with van der Waals surface area (Å²) in [6.07, 6.45) is 5.70. The highest BCUT2D eigenvalue weighted by atomic mass is 32.3.